The van der Waals surface area contributed by atoms with Crippen LogP contribution in [-0.2, 0) is 0 Å². The van der Waals surface area contributed by atoms with Crippen molar-refractivity contribution >= 4 is 29.0 Å². The van der Waals surface area contributed by atoms with Gasteiger partial charge in [0.1, 0.15) is 11.0 Å². The van der Waals surface area contributed by atoms with Crippen molar-refractivity contribution < 1.29 is 0 Å². The van der Waals surface area contributed by atoms with Gasteiger partial charge < -0.3 is 4.90 Å². The maximum Gasteiger partial charge on any atom is 0.225 e. The summed E-state index contributed by atoms with van der Waals surface area (Å²) >= 11 is 11.2. The minimum absolute atomic E-state index is 0.168. The Morgan fingerprint density at radius 2 is 1.91 bits per heavy atom. The molecule has 0 spiro atoms. The van der Waals surface area contributed by atoms with Crippen molar-refractivity contribution in [1.82, 2.24) is 9.97 Å². The zero-order valence-corrected chi connectivity index (χ0v) is 7.69. The van der Waals surface area contributed by atoms with E-state index in [1.54, 1.807) is 11.0 Å². The predicted molar refractivity (Wildman–Crippen MR) is 46.4 cm³/mol. The number of nitrogens with zero attached hydrogens (tertiary/aromatic N) is 3. The average Bonchev–Trinajstić information content (AvgIpc) is 1.85. The van der Waals surface area contributed by atoms with E-state index in [2.05, 4.69) is 9.97 Å². The standard InChI is InChI=1S/C6H7Cl2N3/c1-11(2)5-3-4(7)9-6(8)10-5/h3H,1-2H3. The Kier molecular flexibility index (Phi) is 2.52. The first kappa shape index (κ1) is 8.56. The first-order chi connectivity index (χ1) is 5.09. The molecule has 0 radical (unpaired) electrons. The van der Waals surface area contributed by atoms with Crippen molar-refractivity contribution in [1.29, 1.82) is 0 Å². The molecule has 0 bridgehead atoms. The lowest BCUT2D eigenvalue weighted by molar-refractivity contribution is 1.04. The third-order valence-corrected chi connectivity index (χ3v) is 1.47. The van der Waals surface area contributed by atoms with Gasteiger partial charge in [-0.1, -0.05) is 11.6 Å². The zero-order chi connectivity index (χ0) is 8.43. The van der Waals surface area contributed by atoms with Crippen molar-refractivity contribution in [2.75, 3.05) is 19.0 Å². The van der Waals surface area contributed by atoms with Gasteiger partial charge in [0.15, 0.2) is 0 Å². The van der Waals surface area contributed by atoms with Gasteiger partial charge in [-0.2, -0.15) is 0 Å². The summed E-state index contributed by atoms with van der Waals surface area (Å²) in [6, 6.07) is 1.65. The Balaban J connectivity index is 3.08. The number of anilines is 1. The van der Waals surface area contributed by atoms with Crippen molar-refractivity contribution in [3.63, 3.8) is 0 Å². The van der Waals surface area contributed by atoms with E-state index < -0.39 is 0 Å². The average molecular weight is 192 g/mol. The van der Waals surface area contributed by atoms with Gasteiger partial charge in [-0.25, -0.2) is 9.97 Å². The summed E-state index contributed by atoms with van der Waals surface area (Å²) in [6.07, 6.45) is 0. The Hall–Kier alpha value is -0.540. The molecule has 5 heteroatoms. The molecule has 0 saturated carbocycles. The molecular formula is C6H7Cl2N3. The summed E-state index contributed by atoms with van der Waals surface area (Å²) in [6.45, 7) is 0. The molecule has 0 atom stereocenters. The second-order valence-electron chi connectivity index (χ2n) is 2.21. The van der Waals surface area contributed by atoms with E-state index in [1.165, 1.54) is 0 Å². The minimum atomic E-state index is 0.168. The monoisotopic (exact) mass is 191 g/mol. The van der Waals surface area contributed by atoms with Crippen molar-refractivity contribution in [2.24, 2.45) is 0 Å². The van der Waals surface area contributed by atoms with Crippen LogP contribution in [0.4, 0.5) is 5.82 Å². The largest absolute Gasteiger partial charge is 0.363 e. The summed E-state index contributed by atoms with van der Waals surface area (Å²) in [5.74, 6) is 0.704. The van der Waals surface area contributed by atoms with Crippen molar-refractivity contribution in [3.05, 3.63) is 16.5 Å². The van der Waals surface area contributed by atoms with Crippen LogP contribution in [0.3, 0.4) is 0 Å². The first-order valence-corrected chi connectivity index (χ1v) is 3.72. The van der Waals surface area contributed by atoms with Crippen LogP contribution in [0.1, 0.15) is 0 Å². The molecular weight excluding hydrogens is 185 g/mol. The van der Waals surface area contributed by atoms with Gasteiger partial charge in [-0.15, -0.1) is 0 Å². The number of halogens is 2. The van der Waals surface area contributed by atoms with Crippen LogP contribution in [-0.4, -0.2) is 24.1 Å². The summed E-state index contributed by atoms with van der Waals surface area (Å²) < 4.78 is 0. The Bertz CT molecular complexity index is 242. The zero-order valence-electron chi connectivity index (χ0n) is 6.17. The van der Waals surface area contributed by atoms with Crippen LogP contribution >= 0.6 is 23.2 Å². The summed E-state index contributed by atoms with van der Waals surface area (Å²) in [7, 11) is 3.71. The Labute approximate surface area is 75.0 Å². The highest BCUT2D eigenvalue weighted by molar-refractivity contribution is 6.32. The van der Waals surface area contributed by atoms with Crippen LogP contribution < -0.4 is 4.90 Å². The molecule has 0 amide bonds. The van der Waals surface area contributed by atoms with E-state index in [0.29, 0.717) is 11.0 Å². The lowest BCUT2D eigenvalue weighted by Gasteiger charge is -2.10. The van der Waals surface area contributed by atoms with E-state index in [0.717, 1.165) is 0 Å². The van der Waals surface area contributed by atoms with Crippen LogP contribution in [0.25, 0.3) is 0 Å². The Morgan fingerprint density at radius 3 is 2.36 bits per heavy atom. The van der Waals surface area contributed by atoms with Gasteiger partial charge in [0.2, 0.25) is 5.28 Å². The van der Waals surface area contributed by atoms with Gasteiger partial charge in [0.05, 0.1) is 0 Å². The second kappa shape index (κ2) is 3.24. The summed E-state index contributed by atoms with van der Waals surface area (Å²) in [5, 5.41) is 0.523. The lowest BCUT2D eigenvalue weighted by Crippen LogP contribution is -2.10. The van der Waals surface area contributed by atoms with Gasteiger partial charge in [-0.3, -0.25) is 0 Å². The number of aromatic nitrogens is 2. The molecule has 0 aliphatic heterocycles. The van der Waals surface area contributed by atoms with Gasteiger partial charge in [-0.05, 0) is 11.6 Å². The molecule has 1 aromatic heterocycles. The molecule has 11 heavy (non-hydrogen) atoms. The molecule has 0 aromatic carbocycles. The maximum atomic E-state index is 5.63. The highest BCUT2D eigenvalue weighted by Crippen LogP contribution is 2.15. The highest BCUT2D eigenvalue weighted by Gasteiger charge is 2.01. The molecule has 0 saturated heterocycles. The normalized spacial score (nSPS) is 9.82. The van der Waals surface area contributed by atoms with E-state index >= 15 is 0 Å². The SMILES string of the molecule is CN(C)c1cc(Cl)nc(Cl)n1. The molecule has 0 fully saturated rings. The van der Waals surface area contributed by atoms with Gasteiger partial charge >= 0.3 is 0 Å². The number of hydrogen-bond donors (Lipinski definition) is 0. The molecule has 0 aliphatic rings. The Morgan fingerprint density at radius 1 is 1.27 bits per heavy atom. The highest BCUT2D eigenvalue weighted by atomic mass is 35.5. The van der Waals surface area contributed by atoms with E-state index in [9.17, 15) is 0 Å². The third-order valence-electron chi connectivity index (χ3n) is 1.11. The quantitative estimate of drug-likeness (QED) is 0.502. The summed E-state index contributed by atoms with van der Waals surface area (Å²) in [5.41, 5.74) is 0. The molecule has 3 nitrogen and oxygen atoms in total. The molecule has 0 N–H and O–H groups in total. The predicted octanol–water partition coefficient (Wildman–Crippen LogP) is 1.85. The van der Waals surface area contributed by atoms with Gasteiger partial charge in [0.25, 0.3) is 0 Å². The third kappa shape index (κ3) is 2.20. The van der Waals surface area contributed by atoms with Crippen LogP contribution in [0.2, 0.25) is 10.4 Å². The topological polar surface area (TPSA) is 29.0 Å². The molecule has 1 heterocycles. The van der Waals surface area contributed by atoms with Crippen LogP contribution in [0, 0.1) is 0 Å². The number of rotatable bonds is 1. The molecule has 0 aliphatic carbocycles. The van der Waals surface area contributed by atoms with E-state index in [1.807, 2.05) is 14.1 Å². The fourth-order valence-electron chi connectivity index (χ4n) is 0.608. The molecule has 60 valence electrons. The maximum absolute atomic E-state index is 5.63. The second-order valence-corrected chi connectivity index (χ2v) is 2.94. The van der Waals surface area contributed by atoms with E-state index in [4.69, 9.17) is 23.2 Å². The summed E-state index contributed by atoms with van der Waals surface area (Å²) in [4.78, 5) is 9.44. The van der Waals surface area contributed by atoms with Crippen LogP contribution in [0.15, 0.2) is 6.07 Å². The minimum Gasteiger partial charge on any atom is -0.363 e. The van der Waals surface area contributed by atoms with Gasteiger partial charge in [0, 0.05) is 20.2 Å². The van der Waals surface area contributed by atoms with E-state index in [-0.39, 0.29) is 5.28 Å². The smallest absolute Gasteiger partial charge is 0.225 e. The number of hydrogen-bond acceptors (Lipinski definition) is 3. The fraction of sp³-hybridized carbons (Fsp3) is 0.333. The van der Waals surface area contributed by atoms with Crippen LogP contribution in [0.5, 0.6) is 0 Å². The molecule has 1 aromatic rings. The first-order valence-electron chi connectivity index (χ1n) is 2.97. The molecule has 0 unspecified atom stereocenters. The molecule has 1 rings (SSSR count). The lowest BCUT2D eigenvalue weighted by atomic mass is 10.5. The van der Waals surface area contributed by atoms with Crippen molar-refractivity contribution in [3.8, 4) is 0 Å². The fourth-order valence-corrected chi connectivity index (χ4v) is 1.01. The van der Waals surface area contributed by atoms with Crippen molar-refractivity contribution in [2.45, 2.75) is 0 Å².